The number of hydrogen-bond acceptors (Lipinski definition) is 3. The van der Waals surface area contributed by atoms with E-state index in [1.165, 1.54) is 12.1 Å². The third-order valence-electron chi connectivity index (χ3n) is 3.03. The Morgan fingerprint density at radius 3 is 2.12 bits per heavy atom. The fourth-order valence-electron chi connectivity index (χ4n) is 1.79. The van der Waals surface area contributed by atoms with Crippen molar-refractivity contribution in [1.82, 2.24) is 0 Å². The average Bonchev–Trinajstić information content (AvgIpc) is 2.60. The van der Waals surface area contributed by atoms with E-state index < -0.39 is 5.97 Å². The summed E-state index contributed by atoms with van der Waals surface area (Å²) in [6, 6.07) is 13.3. The smallest absolute Gasteiger partial charge is 0.303 e. The molecule has 0 fully saturated rings. The van der Waals surface area contributed by atoms with Gasteiger partial charge in [-0.2, -0.15) is 0 Å². The van der Waals surface area contributed by atoms with Gasteiger partial charge in [0.05, 0.1) is 5.02 Å². The van der Waals surface area contributed by atoms with Gasteiger partial charge in [-0.05, 0) is 42.7 Å². The Bertz CT molecular complexity index is 603. The number of carboxylic acid groups (broad SMARTS) is 1. The van der Waals surface area contributed by atoms with E-state index in [2.05, 4.69) is 0 Å². The molecule has 4 nitrogen and oxygen atoms in total. The van der Waals surface area contributed by atoms with Gasteiger partial charge in [-0.1, -0.05) is 47.5 Å². The molecule has 0 aromatic heterocycles. The van der Waals surface area contributed by atoms with Crippen molar-refractivity contribution >= 4 is 29.2 Å². The van der Waals surface area contributed by atoms with Crippen LogP contribution < -0.4 is 5.73 Å². The number of aliphatic carboxylic acids is 1. The van der Waals surface area contributed by atoms with Gasteiger partial charge in [0.25, 0.3) is 0 Å². The maximum Gasteiger partial charge on any atom is 0.303 e. The predicted molar refractivity (Wildman–Crippen MR) is 99.4 cm³/mol. The van der Waals surface area contributed by atoms with Crippen LogP contribution in [0.5, 0.6) is 0 Å². The fourth-order valence-corrected chi connectivity index (χ4v) is 2.05. The minimum Gasteiger partial charge on any atom is -0.481 e. The minimum absolute atomic E-state index is 0.110. The van der Waals surface area contributed by atoms with Crippen LogP contribution in [0.15, 0.2) is 48.5 Å². The monoisotopic (exact) mass is 389 g/mol. The van der Waals surface area contributed by atoms with E-state index >= 15 is 0 Å². The van der Waals surface area contributed by atoms with Crippen LogP contribution in [-0.2, 0) is 4.79 Å². The highest BCUT2D eigenvalue weighted by Gasteiger charge is 2.06. The first-order chi connectivity index (χ1) is 11.9. The Hall–Kier alpha value is -1.66. The van der Waals surface area contributed by atoms with Crippen molar-refractivity contribution in [3.63, 3.8) is 0 Å². The van der Waals surface area contributed by atoms with E-state index in [1.54, 1.807) is 24.3 Å². The molecule has 138 valence electrons. The number of benzene rings is 2. The zero-order valence-corrected chi connectivity index (χ0v) is 15.3. The van der Waals surface area contributed by atoms with E-state index in [-0.39, 0.29) is 23.3 Å². The molecule has 0 heterocycles. The molecule has 2 aromatic carbocycles. The van der Waals surface area contributed by atoms with Crippen LogP contribution in [0.3, 0.4) is 0 Å². The summed E-state index contributed by atoms with van der Waals surface area (Å²) in [7, 11) is 1.00. The number of rotatable bonds is 5. The highest BCUT2D eigenvalue weighted by Crippen LogP contribution is 2.19. The maximum atomic E-state index is 12.2. The number of carbonyl (C=O) groups is 1. The standard InChI is InChI=1S/C11H14ClNO2.C6H4ClF.CH4O/c12-9-6-4-8(5-7-9)10(13)2-1-3-11(14)15;7-5-3-1-2-4-6(5)8;1-2/h4-7,10H,1-3,13H2,(H,14,15);1-4H;2H,1H3. The van der Waals surface area contributed by atoms with E-state index in [0.717, 1.165) is 12.7 Å². The summed E-state index contributed by atoms with van der Waals surface area (Å²) in [6.45, 7) is 0. The van der Waals surface area contributed by atoms with E-state index in [4.69, 9.17) is 39.1 Å². The Morgan fingerprint density at radius 1 is 1.12 bits per heavy atom. The number of aliphatic hydroxyl groups is 1. The van der Waals surface area contributed by atoms with Crippen molar-refractivity contribution in [3.8, 4) is 0 Å². The second-order valence-corrected chi connectivity index (χ2v) is 5.70. The molecule has 0 saturated carbocycles. The first-order valence-corrected chi connectivity index (χ1v) is 8.23. The summed E-state index contributed by atoms with van der Waals surface area (Å²) >= 11 is 11.1. The van der Waals surface area contributed by atoms with Gasteiger partial charge in [-0.3, -0.25) is 4.79 Å². The number of hydrogen-bond donors (Lipinski definition) is 3. The van der Waals surface area contributed by atoms with Crippen LogP contribution in [-0.4, -0.2) is 23.3 Å². The van der Waals surface area contributed by atoms with Gasteiger partial charge in [0, 0.05) is 24.6 Å². The summed E-state index contributed by atoms with van der Waals surface area (Å²) in [6.07, 6.45) is 1.44. The first kappa shape index (κ1) is 23.3. The molecule has 2 rings (SSSR count). The summed E-state index contributed by atoms with van der Waals surface area (Å²) in [5.41, 5.74) is 6.89. The third-order valence-corrected chi connectivity index (χ3v) is 3.59. The Balaban J connectivity index is 0.000000483. The van der Waals surface area contributed by atoms with Gasteiger partial charge in [-0.15, -0.1) is 0 Å². The second-order valence-electron chi connectivity index (χ2n) is 4.86. The molecular weight excluding hydrogens is 368 g/mol. The summed E-state index contributed by atoms with van der Waals surface area (Å²) in [4.78, 5) is 10.3. The number of halogens is 3. The second kappa shape index (κ2) is 13.6. The van der Waals surface area contributed by atoms with Crippen molar-refractivity contribution in [2.24, 2.45) is 5.73 Å². The van der Waals surface area contributed by atoms with Crippen LogP contribution in [0.4, 0.5) is 4.39 Å². The number of carboxylic acids is 1. The van der Waals surface area contributed by atoms with E-state index in [9.17, 15) is 9.18 Å². The molecule has 0 aliphatic rings. The van der Waals surface area contributed by atoms with Gasteiger partial charge in [0.1, 0.15) is 5.82 Å². The van der Waals surface area contributed by atoms with Gasteiger partial charge in [0.15, 0.2) is 0 Å². The normalized spacial score (nSPS) is 10.6. The van der Waals surface area contributed by atoms with Crippen LogP contribution >= 0.6 is 23.2 Å². The van der Waals surface area contributed by atoms with Gasteiger partial charge in [-0.25, -0.2) is 4.39 Å². The largest absolute Gasteiger partial charge is 0.481 e. The lowest BCUT2D eigenvalue weighted by atomic mass is 10.0. The molecule has 0 aliphatic heterocycles. The Labute approximate surface area is 157 Å². The zero-order valence-electron chi connectivity index (χ0n) is 13.8. The predicted octanol–water partition coefficient (Wildman–Crippen LogP) is 4.68. The molecular formula is C18H22Cl2FNO3. The summed E-state index contributed by atoms with van der Waals surface area (Å²) in [5, 5.41) is 16.3. The number of aliphatic hydroxyl groups excluding tert-OH is 1. The molecule has 25 heavy (non-hydrogen) atoms. The van der Waals surface area contributed by atoms with Crippen molar-refractivity contribution in [3.05, 3.63) is 70.0 Å². The van der Waals surface area contributed by atoms with Crippen LogP contribution in [0.25, 0.3) is 0 Å². The van der Waals surface area contributed by atoms with Gasteiger partial charge >= 0.3 is 5.97 Å². The first-order valence-electron chi connectivity index (χ1n) is 7.47. The van der Waals surface area contributed by atoms with E-state index in [1.807, 2.05) is 12.1 Å². The molecule has 2 aromatic rings. The number of nitrogens with two attached hydrogens (primary N) is 1. The highest BCUT2D eigenvalue weighted by atomic mass is 35.5. The lowest BCUT2D eigenvalue weighted by Gasteiger charge is -2.10. The van der Waals surface area contributed by atoms with Gasteiger partial charge < -0.3 is 15.9 Å². The molecule has 0 radical (unpaired) electrons. The third kappa shape index (κ3) is 10.7. The Kier molecular flexibility index (Phi) is 12.7. The molecule has 0 spiro atoms. The van der Waals surface area contributed by atoms with Crippen molar-refractivity contribution in [2.75, 3.05) is 7.11 Å². The van der Waals surface area contributed by atoms with Gasteiger partial charge in [0.2, 0.25) is 0 Å². The van der Waals surface area contributed by atoms with Crippen LogP contribution in [0, 0.1) is 5.82 Å². The Morgan fingerprint density at radius 2 is 1.68 bits per heavy atom. The molecule has 4 N–H and O–H groups in total. The maximum absolute atomic E-state index is 12.2. The average molecular weight is 390 g/mol. The summed E-state index contributed by atoms with van der Waals surface area (Å²) < 4.78 is 12.2. The van der Waals surface area contributed by atoms with Crippen molar-refractivity contribution < 1.29 is 19.4 Å². The highest BCUT2D eigenvalue weighted by molar-refractivity contribution is 6.30. The van der Waals surface area contributed by atoms with Crippen LogP contribution in [0.2, 0.25) is 10.0 Å². The SMILES string of the molecule is CO.Fc1ccccc1Cl.NC(CCCC(=O)O)c1ccc(Cl)cc1. The molecule has 1 unspecified atom stereocenters. The molecule has 1 atom stereocenters. The van der Waals surface area contributed by atoms with E-state index in [0.29, 0.717) is 17.9 Å². The van der Waals surface area contributed by atoms with Crippen molar-refractivity contribution in [1.29, 1.82) is 0 Å². The quantitative estimate of drug-likeness (QED) is 0.692. The lowest BCUT2D eigenvalue weighted by Crippen LogP contribution is -2.10. The molecule has 0 amide bonds. The molecule has 0 saturated heterocycles. The molecule has 7 heteroatoms. The topological polar surface area (TPSA) is 83.5 Å². The van der Waals surface area contributed by atoms with Crippen LogP contribution in [0.1, 0.15) is 30.9 Å². The minimum atomic E-state index is -0.779. The lowest BCUT2D eigenvalue weighted by molar-refractivity contribution is -0.137. The zero-order chi connectivity index (χ0) is 19.2. The molecule has 0 aliphatic carbocycles. The fraction of sp³-hybridized carbons (Fsp3) is 0.278. The van der Waals surface area contributed by atoms with Crippen molar-refractivity contribution in [2.45, 2.75) is 25.3 Å². The molecule has 0 bridgehead atoms. The summed E-state index contributed by atoms with van der Waals surface area (Å²) in [5.74, 6) is -1.15.